The molecule has 0 radical (unpaired) electrons. The molecule has 27 heavy (non-hydrogen) atoms. The van der Waals surface area contributed by atoms with Crippen molar-refractivity contribution in [1.29, 1.82) is 0 Å². The zero-order valence-corrected chi connectivity index (χ0v) is 15.7. The molecule has 2 saturated heterocycles. The van der Waals surface area contributed by atoms with E-state index in [1.54, 1.807) is 4.90 Å². The van der Waals surface area contributed by atoms with Crippen LogP contribution in [0.4, 0.5) is 11.4 Å². The summed E-state index contributed by atoms with van der Waals surface area (Å²) in [6, 6.07) is 3.91. The molecule has 10 heteroatoms. The highest BCUT2D eigenvalue weighted by molar-refractivity contribution is 7.89. The van der Waals surface area contributed by atoms with Crippen molar-refractivity contribution in [3.05, 3.63) is 28.3 Å². The molecule has 3 rings (SSSR count). The molecule has 0 aromatic heterocycles. The third-order valence-electron chi connectivity index (χ3n) is 5.22. The Balaban J connectivity index is 1.92. The van der Waals surface area contributed by atoms with Gasteiger partial charge in [-0.2, -0.15) is 4.31 Å². The van der Waals surface area contributed by atoms with E-state index in [0.29, 0.717) is 26.1 Å². The maximum atomic E-state index is 12.9. The Morgan fingerprint density at radius 3 is 2.37 bits per heavy atom. The van der Waals surface area contributed by atoms with E-state index in [9.17, 15) is 23.3 Å². The highest BCUT2D eigenvalue weighted by atomic mass is 32.2. The lowest BCUT2D eigenvalue weighted by Gasteiger charge is -2.21. The molecule has 1 unspecified atom stereocenters. The fraction of sp³-hybridized carbons (Fsp3) is 0.588. The number of carboxylic acid groups (broad SMARTS) is 1. The zero-order valence-electron chi connectivity index (χ0n) is 14.9. The van der Waals surface area contributed by atoms with Crippen molar-refractivity contribution in [2.75, 3.05) is 31.1 Å². The molecule has 0 saturated carbocycles. The topological polar surface area (TPSA) is 121 Å². The van der Waals surface area contributed by atoms with Crippen LogP contribution in [0.5, 0.6) is 0 Å². The Labute approximate surface area is 157 Å². The number of hydrogen-bond donors (Lipinski definition) is 1. The molecule has 0 spiro atoms. The number of nitrogens with zero attached hydrogens (tertiary/aromatic N) is 3. The number of anilines is 1. The lowest BCUT2D eigenvalue weighted by molar-refractivity contribution is -0.384. The van der Waals surface area contributed by atoms with Crippen LogP contribution < -0.4 is 4.90 Å². The predicted molar refractivity (Wildman–Crippen MR) is 98.3 cm³/mol. The van der Waals surface area contributed by atoms with E-state index >= 15 is 0 Å². The Kier molecular flexibility index (Phi) is 5.66. The maximum absolute atomic E-state index is 12.9. The number of nitro groups is 1. The Hall–Kier alpha value is -2.20. The van der Waals surface area contributed by atoms with E-state index in [2.05, 4.69) is 0 Å². The number of aliphatic carboxylic acids is 1. The van der Waals surface area contributed by atoms with Gasteiger partial charge in [0.1, 0.15) is 5.69 Å². The van der Waals surface area contributed by atoms with E-state index < -0.39 is 26.8 Å². The quantitative estimate of drug-likeness (QED) is 0.596. The second kappa shape index (κ2) is 7.81. The minimum Gasteiger partial charge on any atom is -0.481 e. The van der Waals surface area contributed by atoms with Crippen molar-refractivity contribution < 1.29 is 23.2 Å². The van der Waals surface area contributed by atoms with Gasteiger partial charge in [0.25, 0.3) is 5.69 Å². The summed E-state index contributed by atoms with van der Waals surface area (Å²) in [6.07, 6.45) is 3.92. The molecule has 1 atom stereocenters. The molecular formula is C17H23N3O6S. The van der Waals surface area contributed by atoms with Crippen LogP contribution in [-0.2, 0) is 14.8 Å². The second-order valence-corrected chi connectivity index (χ2v) is 8.93. The van der Waals surface area contributed by atoms with E-state index in [1.807, 2.05) is 0 Å². The smallest absolute Gasteiger partial charge is 0.308 e. The molecule has 1 aromatic rings. The van der Waals surface area contributed by atoms with Crippen LogP contribution in [0.3, 0.4) is 0 Å². The van der Waals surface area contributed by atoms with Crippen molar-refractivity contribution in [3.63, 3.8) is 0 Å². The van der Waals surface area contributed by atoms with Crippen LogP contribution >= 0.6 is 0 Å². The molecule has 148 valence electrons. The van der Waals surface area contributed by atoms with Crippen LogP contribution in [0.15, 0.2) is 23.1 Å². The van der Waals surface area contributed by atoms with Crippen LogP contribution in [0, 0.1) is 16.0 Å². The number of rotatable bonds is 5. The standard InChI is InChI=1S/C17H23N3O6S/c21-17(22)13-7-10-18(12-13)15-6-5-14(11-16(15)20(23)24)27(25,26)19-8-3-1-2-4-9-19/h5-6,11,13H,1-4,7-10,12H2,(H,21,22). The minimum absolute atomic E-state index is 0.0890. The summed E-state index contributed by atoms with van der Waals surface area (Å²) in [5.74, 6) is -1.51. The first-order valence-corrected chi connectivity index (χ1v) is 10.5. The molecule has 1 aromatic carbocycles. The largest absolute Gasteiger partial charge is 0.481 e. The first-order valence-electron chi connectivity index (χ1n) is 9.07. The van der Waals surface area contributed by atoms with E-state index in [1.165, 1.54) is 16.4 Å². The summed E-state index contributed by atoms with van der Waals surface area (Å²) in [5, 5.41) is 20.7. The van der Waals surface area contributed by atoms with Crippen molar-refractivity contribution in [3.8, 4) is 0 Å². The van der Waals surface area contributed by atoms with Gasteiger partial charge in [-0.15, -0.1) is 0 Å². The third-order valence-corrected chi connectivity index (χ3v) is 7.12. The summed E-state index contributed by atoms with van der Waals surface area (Å²) < 4.78 is 27.2. The molecule has 1 N–H and O–H groups in total. The van der Waals surface area contributed by atoms with Crippen LogP contribution in [0.1, 0.15) is 32.1 Å². The predicted octanol–water partition coefficient (Wildman–Crippen LogP) is 2.07. The van der Waals surface area contributed by atoms with Crippen LogP contribution in [0.2, 0.25) is 0 Å². The molecule has 0 aliphatic carbocycles. The Morgan fingerprint density at radius 2 is 1.81 bits per heavy atom. The number of benzene rings is 1. The fourth-order valence-corrected chi connectivity index (χ4v) is 5.23. The van der Waals surface area contributed by atoms with Crippen molar-refractivity contribution in [2.45, 2.75) is 37.0 Å². The van der Waals surface area contributed by atoms with Crippen LogP contribution in [0.25, 0.3) is 0 Å². The molecule has 2 aliphatic rings. The van der Waals surface area contributed by atoms with Crippen molar-refractivity contribution in [1.82, 2.24) is 4.31 Å². The molecule has 2 heterocycles. The summed E-state index contributed by atoms with van der Waals surface area (Å²) >= 11 is 0. The Morgan fingerprint density at radius 1 is 1.15 bits per heavy atom. The van der Waals surface area contributed by atoms with Gasteiger partial charge in [0, 0.05) is 32.2 Å². The fourth-order valence-electron chi connectivity index (χ4n) is 3.69. The number of nitro benzene ring substituents is 1. The number of sulfonamides is 1. The van der Waals surface area contributed by atoms with Gasteiger partial charge in [-0.3, -0.25) is 14.9 Å². The summed E-state index contributed by atoms with van der Waals surface area (Å²) in [7, 11) is -3.79. The summed E-state index contributed by atoms with van der Waals surface area (Å²) in [5.41, 5.74) is -0.0458. The van der Waals surface area contributed by atoms with Crippen molar-refractivity contribution >= 4 is 27.4 Å². The zero-order chi connectivity index (χ0) is 19.6. The van der Waals surface area contributed by atoms with Gasteiger partial charge < -0.3 is 10.0 Å². The SMILES string of the molecule is O=C(O)C1CCN(c2ccc(S(=O)(=O)N3CCCCCC3)cc2[N+](=O)[O-])C1. The molecule has 0 bridgehead atoms. The molecule has 2 aliphatic heterocycles. The lowest BCUT2D eigenvalue weighted by atomic mass is 10.1. The highest BCUT2D eigenvalue weighted by Crippen LogP contribution is 2.35. The number of carboxylic acids is 1. The first-order chi connectivity index (χ1) is 12.8. The highest BCUT2D eigenvalue weighted by Gasteiger charge is 2.33. The Bertz CT molecular complexity index is 833. The van der Waals surface area contributed by atoms with E-state index in [-0.39, 0.29) is 22.8 Å². The molecule has 9 nitrogen and oxygen atoms in total. The lowest BCUT2D eigenvalue weighted by Crippen LogP contribution is -2.32. The van der Waals surface area contributed by atoms with E-state index in [4.69, 9.17) is 5.11 Å². The molecule has 2 fully saturated rings. The maximum Gasteiger partial charge on any atom is 0.308 e. The van der Waals surface area contributed by atoms with E-state index in [0.717, 1.165) is 31.7 Å². The van der Waals surface area contributed by atoms with Gasteiger partial charge in [-0.1, -0.05) is 12.8 Å². The molecular weight excluding hydrogens is 374 g/mol. The summed E-state index contributed by atoms with van der Waals surface area (Å²) in [4.78, 5) is 23.6. The minimum atomic E-state index is -3.79. The van der Waals surface area contributed by atoms with Gasteiger partial charge in [0.2, 0.25) is 10.0 Å². The normalized spacial score (nSPS) is 21.8. The average molecular weight is 397 g/mol. The van der Waals surface area contributed by atoms with Gasteiger partial charge in [-0.25, -0.2) is 8.42 Å². The average Bonchev–Trinajstić information content (AvgIpc) is 2.96. The van der Waals surface area contributed by atoms with Gasteiger partial charge in [-0.05, 0) is 31.4 Å². The number of hydrogen-bond acceptors (Lipinski definition) is 6. The van der Waals surface area contributed by atoms with Crippen LogP contribution in [-0.4, -0.2) is 54.9 Å². The second-order valence-electron chi connectivity index (χ2n) is 7.00. The first kappa shape index (κ1) is 19.6. The third kappa shape index (κ3) is 4.06. The monoisotopic (exact) mass is 397 g/mol. The van der Waals surface area contributed by atoms with Crippen molar-refractivity contribution in [2.24, 2.45) is 5.92 Å². The van der Waals surface area contributed by atoms with Gasteiger partial charge in [0.15, 0.2) is 0 Å². The number of carbonyl (C=O) groups is 1. The summed E-state index contributed by atoms with van der Waals surface area (Å²) in [6.45, 7) is 1.40. The molecule has 0 amide bonds. The van der Waals surface area contributed by atoms with Gasteiger partial charge in [0.05, 0.1) is 15.7 Å². The van der Waals surface area contributed by atoms with Gasteiger partial charge >= 0.3 is 5.97 Å².